The number of aryl methyl sites for hydroxylation is 2. The molecule has 1 saturated heterocycles. The Hall–Kier alpha value is -2.07. The average Bonchev–Trinajstić information content (AvgIpc) is 3.17. The van der Waals surface area contributed by atoms with Crippen molar-refractivity contribution in [2.24, 2.45) is 13.0 Å². The Morgan fingerprint density at radius 1 is 1.21 bits per heavy atom. The highest BCUT2D eigenvalue weighted by Gasteiger charge is 2.25. The van der Waals surface area contributed by atoms with E-state index in [1.165, 1.54) is 11.8 Å². The molecule has 0 aliphatic carbocycles. The summed E-state index contributed by atoms with van der Waals surface area (Å²) in [5.41, 5.74) is 2.53. The summed E-state index contributed by atoms with van der Waals surface area (Å²) >= 11 is 1.44. The van der Waals surface area contributed by atoms with Crippen LogP contribution in [0.15, 0.2) is 5.16 Å². The summed E-state index contributed by atoms with van der Waals surface area (Å²) in [5, 5.41) is 16.7. The van der Waals surface area contributed by atoms with Crippen LogP contribution in [0, 0.1) is 19.8 Å². The molecule has 1 unspecified atom stereocenters. The predicted molar refractivity (Wildman–Crippen MR) is 115 cm³/mol. The number of amides is 1. The number of carbonyl (C=O) groups excluding carboxylic acids is 1. The number of rotatable bonds is 7. The number of hydrogen-bond donors (Lipinski definition) is 1. The molecule has 0 bridgehead atoms. The number of carbonyl (C=O) groups is 1. The van der Waals surface area contributed by atoms with Crippen LogP contribution >= 0.6 is 11.8 Å². The number of ether oxygens (including phenoxy) is 1. The second kappa shape index (κ2) is 9.17. The molecule has 160 valence electrons. The number of hydrogen-bond acceptors (Lipinski definition) is 7. The summed E-state index contributed by atoms with van der Waals surface area (Å²) in [6, 6.07) is 0. The van der Waals surface area contributed by atoms with Crippen LogP contribution in [0.1, 0.15) is 32.2 Å². The Bertz CT molecular complexity index is 855. The van der Waals surface area contributed by atoms with Gasteiger partial charge in [-0.2, -0.15) is 5.10 Å². The van der Waals surface area contributed by atoms with Gasteiger partial charge in [0, 0.05) is 26.7 Å². The molecule has 2 aromatic rings. The molecule has 1 amide bonds. The Kier molecular flexibility index (Phi) is 6.84. The summed E-state index contributed by atoms with van der Waals surface area (Å²) in [7, 11) is 1.87. The maximum Gasteiger partial charge on any atom is 0.237 e. The van der Waals surface area contributed by atoms with E-state index >= 15 is 0 Å². The number of thioether (sulfide) groups is 1. The van der Waals surface area contributed by atoms with Gasteiger partial charge in [0.2, 0.25) is 11.9 Å². The van der Waals surface area contributed by atoms with Gasteiger partial charge in [0.25, 0.3) is 0 Å². The third kappa shape index (κ3) is 4.92. The molecule has 1 aliphatic rings. The number of morpholine rings is 1. The summed E-state index contributed by atoms with van der Waals surface area (Å²) in [4.78, 5) is 15.0. The standard InChI is InChI=1S/C19H31N7O2S/c1-12(2)11-26-18(25-7-9-28-10-8-25)21-22-19(26)29-15(5)17(27)20-16-13(3)23-24(6)14(16)4/h12,15H,7-11H2,1-6H3,(H,20,27). The van der Waals surface area contributed by atoms with Crippen molar-refractivity contribution in [3.8, 4) is 0 Å². The van der Waals surface area contributed by atoms with Crippen molar-refractivity contribution in [3.63, 3.8) is 0 Å². The van der Waals surface area contributed by atoms with Gasteiger partial charge in [-0.1, -0.05) is 25.6 Å². The highest BCUT2D eigenvalue weighted by Crippen LogP contribution is 2.28. The molecule has 1 aliphatic heterocycles. The van der Waals surface area contributed by atoms with Crippen molar-refractivity contribution >= 4 is 29.3 Å². The van der Waals surface area contributed by atoms with Crippen molar-refractivity contribution < 1.29 is 9.53 Å². The molecular weight excluding hydrogens is 390 g/mol. The normalized spacial score (nSPS) is 15.8. The predicted octanol–water partition coefficient (Wildman–Crippen LogP) is 2.24. The second-order valence-electron chi connectivity index (χ2n) is 7.81. The van der Waals surface area contributed by atoms with Gasteiger partial charge in [0.05, 0.1) is 35.5 Å². The van der Waals surface area contributed by atoms with Crippen molar-refractivity contribution in [2.75, 3.05) is 36.5 Å². The molecule has 1 fully saturated rings. The van der Waals surface area contributed by atoms with Crippen molar-refractivity contribution in [1.82, 2.24) is 24.5 Å². The summed E-state index contributed by atoms with van der Waals surface area (Å²) < 4.78 is 9.36. The zero-order valence-electron chi connectivity index (χ0n) is 18.1. The summed E-state index contributed by atoms with van der Waals surface area (Å²) in [6.07, 6.45) is 0. The fourth-order valence-corrected chi connectivity index (χ4v) is 4.13. The molecule has 9 nitrogen and oxygen atoms in total. The molecule has 3 heterocycles. The molecule has 29 heavy (non-hydrogen) atoms. The van der Waals surface area contributed by atoms with Crippen LogP contribution in [0.25, 0.3) is 0 Å². The van der Waals surface area contributed by atoms with Gasteiger partial charge in [-0.25, -0.2) is 0 Å². The quantitative estimate of drug-likeness (QED) is 0.686. The third-order valence-electron chi connectivity index (χ3n) is 4.95. The first-order valence-electron chi connectivity index (χ1n) is 10.0. The number of aromatic nitrogens is 5. The van der Waals surface area contributed by atoms with Gasteiger partial charge < -0.3 is 15.0 Å². The van der Waals surface area contributed by atoms with Crippen LogP contribution in [0.3, 0.4) is 0 Å². The van der Waals surface area contributed by atoms with Crippen LogP contribution in [-0.2, 0) is 23.1 Å². The van der Waals surface area contributed by atoms with E-state index in [1.54, 1.807) is 4.68 Å². The smallest absolute Gasteiger partial charge is 0.237 e. The van der Waals surface area contributed by atoms with Crippen LogP contribution in [-0.4, -0.2) is 62.0 Å². The first kappa shape index (κ1) is 21.6. The molecule has 10 heteroatoms. The van der Waals surface area contributed by atoms with Gasteiger partial charge in [-0.15, -0.1) is 10.2 Å². The zero-order chi connectivity index (χ0) is 21.1. The van der Waals surface area contributed by atoms with Gasteiger partial charge in [0.15, 0.2) is 5.16 Å². The Morgan fingerprint density at radius 3 is 2.48 bits per heavy atom. The van der Waals surface area contributed by atoms with E-state index in [0.717, 1.165) is 47.8 Å². The van der Waals surface area contributed by atoms with Gasteiger partial charge in [-0.3, -0.25) is 14.0 Å². The van der Waals surface area contributed by atoms with Gasteiger partial charge >= 0.3 is 0 Å². The third-order valence-corrected chi connectivity index (χ3v) is 6.03. The molecular formula is C19H31N7O2S. The molecule has 0 radical (unpaired) electrons. The first-order chi connectivity index (χ1) is 13.8. The van der Waals surface area contributed by atoms with E-state index in [1.807, 2.05) is 27.8 Å². The Morgan fingerprint density at radius 2 is 1.90 bits per heavy atom. The maximum atomic E-state index is 12.8. The van der Waals surface area contributed by atoms with E-state index in [2.05, 4.69) is 43.9 Å². The topological polar surface area (TPSA) is 90.1 Å². The SMILES string of the molecule is Cc1nn(C)c(C)c1NC(=O)C(C)Sc1nnc(N2CCOCC2)n1CC(C)C. The molecule has 0 aromatic carbocycles. The zero-order valence-corrected chi connectivity index (χ0v) is 18.9. The highest BCUT2D eigenvalue weighted by molar-refractivity contribution is 8.00. The lowest BCUT2D eigenvalue weighted by molar-refractivity contribution is -0.115. The lowest BCUT2D eigenvalue weighted by Gasteiger charge is -2.28. The number of nitrogens with zero attached hydrogens (tertiary/aromatic N) is 6. The van der Waals surface area contributed by atoms with E-state index < -0.39 is 0 Å². The minimum atomic E-state index is -0.318. The van der Waals surface area contributed by atoms with Crippen molar-refractivity contribution in [2.45, 2.75) is 51.6 Å². The number of anilines is 2. The van der Waals surface area contributed by atoms with Gasteiger partial charge in [-0.05, 0) is 26.7 Å². The molecule has 1 N–H and O–H groups in total. The Balaban J connectivity index is 1.75. The number of nitrogens with one attached hydrogen (secondary N) is 1. The van der Waals surface area contributed by atoms with Crippen LogP contribution < -0.4 is 10.2 Å². The Labute approximate surface area is 176 Å². The van der Waals surface area contributed by atoms with Crippen LogP contribution in [0.5, 0.6) is 0 Å². The van der Waals surface area contributed by atoms with Crippen LogP contribution in [0.2, 0.25) is 0 Å². The van der Waals surface area contributed by atoms with Crippen molar-refractivity contribution in [1.29, 1.82) is 0 Å². The van der Waals surface area contributed by atoms with E-state index in [9.17, 15) is 4.79 Å². The lowest BCUT2D eigenvalue weighted by Crippen LogP contribution is -2.38. The van der Waals surface area contributed by atoms with Crippen molar-refractivity contribution in [3.05, 3.63) is 11.4 Å². The molecule has 2 aromatic heterocycles. The highest BCUT2D eigenvalue weighted by atomic mass is 32.2. The summed E-state index contributed by atoms with van der Waals surface area (Å²) in [5.74, 6) is 1.23. The fourth-order valence-electron chi connectivity index (χ4n) is 3.28. The minimum absolute atomic E-state index is 0.0683. The largest absolute Gasteiger partial charge is 0.378 e. The van der Waals surface area contributed by atoms with Gasteiger partial charge in [0.1, 0.15) is 0 Å². The molecule has 0 saturated carbocycles. The second-order valence-corrected chi connectivity index (χ2v) is 9.11. The first-order valence-corrected chi connectivity index (χ1v) is 10.9. The molecule has 1 atom stereocenters. The lowest BCUT2D eigenvalue weighted by atomic mass is 10.2. The molecule has 3 rings (SSSR count). The van der Waals surface area contributed by atoms with Crippen LogP contribution in [0.4, 0.5) is 11.6 Å². The van der Waals surface area contributed by atoms with E-state index in [-0.39, 0.29) is 11.2 Å². The van der Waals surface area contributed by atoms with E-state index in [4.69, 9.17) is 4.74 Å². The molecule has 0 spiro atoms. The fraction of sp³-hybridized carbons (Fsp3) is 0.684. The summed E-state index contributed by atoms with van der Waals surface area (Å²) in [6.45, 7) is 13.9. The maximum absolute atomic E-state index is 12.8. The average molecular weight is 422 g/mol. The van der Waals surface area contributed by atoms with E-state index in [0.29, 0.717) is 19.1 Å². The minimum Gasteiger partial charge on any atom is -0.378 e. The monoisotopic (exact) mass is 421 g/mol.